The van der Waals surface area contributed by atoms with Crippen LogP contribution >= 0.6 is 0 Å². The van der Waals surface area contributed by atoms with Gasteiger partial charge in [0.15, 0.2) is 6.10 Å². The van der Waals surface area contributed by atoms with Crippen LogP contribution in [-0.2, 0) is 11.3 Å². The second-order valence-electron chi connectivity index (χ2n) is 6.12. The van der Waals surface area contributed by atoms with Crippen LogP contribution in [0.3, 0.4) is 0 Å². The lowest BCUT2D eigenvalue weighted by molar-refractivity contribution is -0.127. The summed E-state index contributed by atoms with van der Waals surface area (Å²) < 4.78 is 10.9. The molecule has 1 amide bonds. The van der Waals surface area contributed by atoms with Gasteiger partial charge in [0.25, 0.3) is 5.91 Å². The molecular weight excluding hydrogens is 330 g/mol. The number of aromatic nitrogens is 2. The first-order valence-corrected chi connectivity index (χ1v) is 8.42. The van der Waals surface area contributed by atoms with E-state index in [0.29, 0.717) is 17.5 Å². The highest BCUT2D eigenvalue weighted by Gasteiger charge is 2.17. The third kappa shape index (κ3) is 4.27. The Morgan fingerprint density at radius 3 is 2.62 bits per heavy atom. The lowest BCUT2D eigenvalue weighted by atomic mass is 10.1. The molecule has 0 fully saturated rings. The summed E-state index contributed by atoms with van der Waals surface area (Å²) in [5.41, 5.74) is 3.01. The highest BCUT2D eigenvalue weighted by Crippen LogP contribution is 2.18. The van der Waals surface area contributed by atoms with Gasteiger partial charge in [0.05, 0.1) is 6.54 Å². The van der Waals surface area contributed by atoms with Gasteiger partial charge in [0.1, 0.15) is 5.75 Å². The van der Waals surface area contributed by atoms with Crippen molar-refractivity contribution in [2.75, 3.05) is 0 Å². The normalized spacial score (nSPS) is 11.8. The molecule has 26 heavy (non-hydrogen) atoms. The largest absolute Gasteiger partial charge is 0.481 e. The number of ether oxygens (including phenoxy) is 1. The lowest BCUT2D eigenvalue weighted by Gasteiger charge is -2.15. The SMILES string of the molecule is Cc1ccc(-c2noc(CNC(=O)C(C)Oc3ccccc3C)n2)cc1. The van der Waals surface area contributed by atoms with E-state index >= 15 is 0 Å². The molecule has 3 rings (SSSR count). The number of nitrogens with one attached hydrogen (secondary N) is 1. The van der Waals surface area contributed by atoms with Crippen molar-refractivity contribution in [2.45, 2.75) is 33.4 Å². The number of amides is 1. The zero-order chi connectivity index (χ0) is 18.5. The quantitative estimate of drug-likeness (QED) is 0.736. The number of hydrogen-bond acceptors (Lipinski definition) is 5. The van der Waals surface area contributed by atoms with Crippen molar-refractivity contribution in [3.05, 3.63) is 65.5 Å². The van der Waals surface area contributed by atoms with Crippen LogP contribution in [0.1, 0.15) is 23.9 Å². The Morgan fingerprint density at radius 2 is 1.88 bits per heavy atom. The van der Waals surface area contributed by atoms with Gasteiger partial charge in [-0.25, -0.2) is 0 Å². The summed E-state index contributed by atoms with van der Waals surface area (Å²) in [6.45, 7) is 5.80. The van der Waals surface area contributed by atoms with Crippen LogP contribution < -0.4 is 10.1 Å². The van der Waals surface area contributed by atoms with Crippen LogP contribution in [-0.4, -0.2) is 22.2 Å². The van der Waals surface area contributed by atoms with Crippen LogP contribution in [0, 0.1) is 13.8 Å². The Kier molecular flexibility index (Phi) is 5.31. The fraction of sp³-hybridized carbons (Fsp3) is 0.250. The predicted octanol–water partition coefficient (Wildman–Crippen LogP) is 3.44. The van der Waals surface area contributed by atoms with Crippen molar-refractivity contribution in [3.63, 3.8) is 0 Å². The molecule has 1 heterocycles. The fourth-order valence-corrected chi connectivity index (χ4v) is 2.39. The molecule has 0 aliphatic heterocycles. The average molecular weight is 351 g/mol. The Balaban J connectivity index is 1.56. The van der Waals surface area contributed by atoms with Gasteiger partial charge in [0, 0.05) is 5.56 Å². The minimum Gasteiger partial charge on any atom is -0.481 e. The monoisotopic (exact) mass is 351 g/mol. The summed E-state index contributed by atoms with van der Waals surface area (Å²) in [6, 6.07) is 15.4. The first-order valence-electron chi connectivity index (χ1n) is 8.42. The van der Waals surface area contributed by atoms with E-state index in [2.05, 4.69) is 15.5 Å². The summed E-state index contributed by atoms with van der Waals surface area (Å²) in [5.74, 6) is 1.29. The summed E-state index contributed by atoms with van der Waals surface area (Å²) in [4.78, 5) is 16.5. The maximum Gasteiger partial charge on any atom is 0.261 e. The molecule has 0 spiro atoms. The van der Waals surface area contributed by atoms with Crippen molar-refractivity contribution >= 4 is 5.91 Å². The summed E-state index contributed by atoms with van der Waals surface area (Å²) in [5, 5.41) is 6.70. The van der Waals surface area contributed by atoms with Gasteiger partial charge >= 0.3 is 0 Å². The maximum atomic E-state index is 12.2. The average Bonchev–Trinajstić information content (AvgIpc) is 3.11. The molecule has 1 N–H and O–H groups in total. The third-order valence-corrected chi connectivity index (χ3v) is 3.96. The number of carbonyl (C=O) groups is 1. The van der Waals surface area contributed by atoms with Gasteiger partial charge in [-0.15, -0.1) is 0 Å². The van der Waals surface area contributed by atoms with E-state index in [1.807, 2.05) is 62.4 Å². The number of rotatable bonds is 6. The smallest absolute Gasteiger partial charge is 0.261 e. The maximum absolute atomic E-state index is 12.2. The minimum absolute atomic E-state index is 0.152. The number of carbonyl (C=O) groups excluding carboxylic acids is 1. The number of para-hydroxylation sites is 1. The number of benzene rings is 2. The van der Waals surface area contributed by atoms with E-state index in [1.54, 1.807) is 6.92 Å². The first kappa shape index (κ1) is 17.7. The Morgan fingerprint density at radius 1 is 1.15 bits per heavy atom. The van der Waals surface area contributed by atoms with Crippen molar-refractivity contribution in [3.8, 4) is 17.1 Å². The Bertz CT molecular complexity index is 887. The van der Waals surface area contributed by atoms with Crippen molar-refractivity contribution in [1.82, 2.24) is 15.5 Å². The molecule has 0 aliphatic carbocycles. The second-order valence-corrected chi connectivity index (χ2v) is 6.12. The van der Waals surface area contributed by atoms with Crippen molar-refractivity contribution in [2.24, 2.45) is 0 Å². The molecule has 0 aliphatic rings. The molecular formula is C20H21N3O3. The van der Waals surface area contributed by atoms with Gasteiger partial charge < -0.3 is 14.6 Å². The topological polar surface area (TPSA) is 77.2 Å². The van der Waals surface area contributed by atoms with E-state index in [9.17, 15) is 4.79 Å². The lowest BCUT2D eigenvalue weighted by Crippen LogP contribution is -2.36. The molecule has 6 heteroatoms. The minimum atomic E-state index is -0.629. The second kappa shape index (κ2) is 7.82. The Labute approximate surface area is 152 Å². The molecule has 134 valence electrons. The van der Waals surface area contributed by atoms with Gasteiger partial charge in [-0.2, -0.15) is 4.98 Å². The van der Waals surface area contributed by atoms with E-state index in [-0.39, 0.29) is 12.5 Å². The van der Waals surface area contributed by atoms with Crippen molar-refractivity contribution < 1.29 is 14.1 Å². The summed E-state index contributed by atoms with van der Waals surface area (Å²) in [6.07, 6.45) is -0.629. The highest BCUT2D eigenvalue weighted by atomic mass is 16.5. The zero-order valence-electron chi connectivity index (χ0n) is 15.0. The fourth-order valence-electron chi connectivity index (χ4n) is 2.39. The molecule has 0 saturated heterocycles. The zero-order valence-corrected chi connectivity index (χ0v) is 15.0. The molecule has 1 atom stereocenters. The number of hydrogen-bond donors (Lipinski definition) is 1. The molecule has 2 aromatic carbocycles. The predicted molar refractivity (Wildman–Crippen MR) is 97.6 cm³/mol. The van der Waals surface area contributed by atoms with Gasteiger partial charge in [-0.3, -0.25) is 4.79 Å². The van der Waals surface area contributed by atoms with E-state index in [4.69, 9.17) is 9.26 Å². The van der Waals surface area contributed by atoms with Gasteiger partial charge in [0.2, 0.25) is 11.7 Å². The molecule has 1 aromatic heterocycles. The molecule has 3 aromatic rings. The van der Waals surface area contributed by atoms with Crippen molar-refractivity contribution in [1.29, 1.82) is 0 Å². The summed E-state index contributed by atoms with van der Waals surface area (Å²) in [7, 11) is 0. The van der Waals surface area contributed by atoms with Crippen LogP contribution in [0.5, 0.6) is 5.75 Å². The van der Waals surface area contributed by atoms with E-state index in [0.717, 1.165) is 16.7 Å². The molecule has 6 nitrogen and oxygen atoms in total. The molecule has 0 saturated carbocycles. The van der Waals surface area contributed by atoms with Gasteiger partial charge in [-0.05, 0) is 32.4 Å². The molecule has 0 radical (unpaired) electrons. The third-order valence-electron chi connectivity index (χ3n) is 3.96. The molecule has 1 unspecified atom stereocenters. The molecule has 0 bridgehead atoms. The number of aryl methyl sites for hydroxylation is 2. The standard InChI is InChI=1S/C20H21N3O3/c1-13-8-10-16(11-9-13)19-22-18(26-23-19)12-21-20(24)15(3)25-17-7-5-4-6-14(17)2/h4-11,15H,12H2,1-3H3,(H,21,24). The Hall–Kier alpha value is -3.15. The van der Waals surface area contributed by atoms with E-state index in [1.165, 1.54) is 0 Å². The van der Waals surface area contributed by atoms with E-state index < -0.39 is 6.10 Å². The highest BCUT2D eigenvalue weighted by molar-refractivity contribution is 5.80. The van der Waals surface area contributed by atoms with Gasteiger partial charge in [-0.1, -0.05) is 53.2 Å². The number of nitrogens with zero attached hydrogens (tertiary/aromatic N) is 2. The first-order chi connectivity index (χ1) is 12.5. The van der Waals surface area contributed by atoms with Crippen LogP contribution in [0.15, 0.2) is 53.1 Å². The summed E-state index contributed by atoms with van der Waals surface area (Å²) >= 11 is 0. The van der Waals surface area contributed by atoms with Crippen LogP contribution in [0.25, 0.3) is 11.4 Å². The van der Waals surface area contributed by atoms with Crippen LogP contribution in [0.2, 0.25) is 0 Å². The van der Waals surface area contributed by atoms with Crippen LogP contribution in [0.4, 0.5) is 0 Å².